The van der Waals surface area contributed by atoms with Crippen LogP contribution in [-0.2, 0) is 20.2 Å². The van der Waals surface area contributed by atoms with Crippen LogP contribution in [0.4, 0.5) is 0 Å². The van der Waals surface area contributed by atoms with E-state index in [1.54, 1.807) is 6.20 Å². The predicted molar refractivity (Wildman–Crippen MR) is 80.1 cm³/mol. The highest BCUT2D eigenvalue weighted by Crippen LogP contribution is 2.46. The van der Waals surface area contributed by atoms with Crippen LogP contribution in [0.25, 0.3) is 0 Å². The zero-order valence-corrected chi connectivity index (χ0v) is 13.8. The number of rotatable bonds is 4. The molecule has 1 unspecified atom stereocenters. The van der Waals surface area contributed by atoms with E-state index in [2.05, 4.69) is 11.9 Å². The van der Waals surface area contributed by atoms with Crippen molar-refractivity contribution in [3.05, 3.63) is 12.0 Å². The second-order valence-corrected chi connectivity index (χ2v) is 8.63. The van der Waals surface area contributed by atoms with Crippen molar-refractivity contribution < 1.29 is 13.2 Å². The van der Waals surface area contributed by atoms with Gasteiger partial charge in [-0.1, -0.05) is 6.92 Å². The Balaban J connectivity index is 1.90. The smallest absolute Gasteiger partial charge is 0.280 e. The van der Waals surface area contributed by atoms with Crippen LogP contribution in [0.1, 0.15) is 57.3 Å². The second kappa shape index (κ2) is 5.56. The normalized spacial score (nSPS) is 25.0. The summed E-state index contributed by atoms with van der Waals surface area (Å²) in [5, 5.41) is -0.0261. The highest BCUT2D eigenvalue weighted by Gasteiger charge is 2.43. The van der Waals surface area contributed by atoms with Gasteiger partial charge in [0.1, 0.15) is 5.82 Å². The van der Waals surface area contributed by atoms with Crippen LogP contribution in [0.5, 0.6) is 0 Å². The molecule has 21 heavy (non-hydrogen) atoms. The average Bonchev–Trinajstić information content (AvgIpc) is 2.82. The van der Waals surface area contributed by atoms with Gasteiger partial charge in [-0.05, 0) is 38.5 Å². The summed E-state index contributed by atoms with van der Waals surface area (Å²) in [6, 6.07) is 0.264. The van der Waals surface area contributed by atoms with Gasteiger partial charge < -0.3 is 9.30 Å². The summed E-state index contributed by atoms with van der Waals surface area (Å²) in [5.74, 6) is 0.818. The minimum Gasteiger partial charge on any atom is -0.375 e. The van der Waals surface area contributed by atoms with Crippen molar-refractivity contribution in [2.45, 2.75) is 68.5 Å². The van der Waals surface area contributed by atoms with Crippen LogP contribution in [-0.4, -0.2) is 30.2 Å². The van der Waals surface area contributed by atoms with E-state index in [0.717, 1.165) is 51.0 Å². The SMILES string of the molecule is CCCc1nc(S(=O)(=O)Cl)cn1C1CCOC2(CCC2)C1. The molecule has 0 radical (unpaired) electrons. The third kappa shape index (κ3) is 2.98. The Morgan fingerprint density at radius 1 is 1.52 bits per heavy atom. The van der Waals surface area contributed by atoms with Gasteiger partial charge >= 0.3 is 0 Å². The van der Waals surface area contributed by atoms with E-state index in [4.69, 9.17) is 15.4 Å². The predicted octanol–water partition coefficient (Wildman–Crippen LogP) is 3.04. The van der Waals surface area contributed by atoms with E-state index in [0.29, 0.717) is 0 Å². The van der Waals surface area contributed by atoms with Gasteiger partial charge in [0.25, 0.3) is 9.05 Å². The standard InChI is InChI=1S/C14H21ClN2O3S/c1-2-4-12-16-13(21(15,18)19)10-17(12)11-5-8-20-14(9-11)6-3-7-14/h10-11H,2-9H2,1H3. The molecular formula is C14H21ClN2O3S. The Morgan fingerprint density at radius 2 is 2.29 bits per heavy atom. The Bertz CT molecular complexity index is 622. The van der Waals surface area contributed by atoms with Crippen molar-refractivity contribution in [3.8, 4) is 0 Å². The summed E-state index contributed by atoms with van der Waals surface area (Å²) in [6.07, 6.45) is 8.59. The molecule has 1 saturated carbocycles. The van der Waals surface area contributed by atoms with Crippen LogP contribution in [0, 0.1) is 0 Å². The van der Waals surface area contributed by atoms with Gasteiger partial charge in [-0.3, -0.25) is 0 Å². The lowest BCUT2D eigenvalue weighted by molar-refractivity contribution is -0.140. The Morgan fingerprint density at radius 3 is 2.86 bits per heavy atom. The Hall–Kier alpha value is -0.590. The summed E-state index contributed by atoms with van der Waals surface area (Å²) in [4.78, 5) is 4.24. The first-order valence-electron chi connectivity index (χ1n) is 7.60. The minimum absolute atomic E-state index is 0.0245. The molecule has 1 saturated heterocycles. The average molecular weight is 333 g/mol. The maximum Gasteiger partial charge on any atom is 0.280 e. The number of hydrogen-bond donors (Lipinski definition) is 0. The van der Waals surface area contributed by atoms with Crippen LogP contribution in [0.15, 0.2) is 11.2 Å². The van der Waals surface area contributed by atoms with Gasteiger partial charge in [0.05, 0.1) is 5.60 Å². The summed E-state index contributed by atoms with van der Waals surface area (Å²) in [5.41, 5.74) is 0.0245. The summed E-state index contributed by atoms with van der Waals surface area (Å²) >= 11 is 0. The molecule has 118 valence electrons. The van der Waals surface area contributed by atoms with Gasteiger partial charge in [0, 0.05) is 35.9 Å². The molecule has 7 heteroatoms. The summed E-state index contributed by atoms with van der Waals surface area (Å²) in [7, 11) is 1.68. The molecule has 5 nitrogen and oxygen atoms in total. The van der Waals surface area contributed by atoms with Crippen molar-refractivity contribution in [3.63, 3.8) is 0 Å². The van der Waals surface area contributed by atoms with Gasteiger partial charge in [-0.15, -0.1) is 0 Å². The number of imidazole rings is 1. The lowest BCUT2D eigenvalue weighted by atomic mass is 9.74. The fraction of sp³-hybridized carbons (Fsp3) is 0.786. The number of aromatic nitrogens is 2. The van der Waals surface area contributed by atoms with E-state index >= 15 is 0 Å². The monoisotopic (exact) mass is 332 g/mol. The van der Waals surface area contributed by atoms with Gasteiger partial charge in [-0.2, -0.15) is 0 Å². The zero-order valence-electron chi connectivity index (χ0n) is 12.2. The first-order valence-corrected chi connectivity index (χ1v) is 9.91. The molecule has 1 aromatic heterocycles. The highest BCUT2D eigenvalue weighted by molar-refractivity contribution is 8.13. The van der Waals surface area contributed by atoms with Gasteiger partial charge in [0.15, 0.2) is 5.03 Å². The van der Waals surface area contributed by atoms with Gasteiger partial charge in [0.2, 0.25) is 0 Å². The lowest BCUT2D eigenvalue weighted by Crippen LogP contribution is -2.46. The number of ether oxygens (including phenoxy) is 1. The van der Waals surface area contributed by atoms with Crippen molar-refractivity contribution in [1.82, 2.24) is 9.55 Å². The topological polar surface area (TPSA) is 61.2 Å². The summed E-state index contributed by atoms with van der Waals surface area (Å²) in [6.45, 7) is 2.79. The number of halogens is 1. The van der Waals surface area contributed by atoms with Crippen LogP contribution >= 0.6 is 10.7 Å². The van der Waals surface area contributed by atoms with E-state index in [1.165, 1.54) is 6.42 Å². The molecule has 2 heterocycles. The molecule has 0 aromatic carbocycles. The van der Waals surface area contributed by atoms with Crippen LogP contribution in [0.3, 0.4) is 0 Å². The van der Waals surface area contributed by atoms with E-state index < -0.39 is 9.05 Å². The molecule has 0 amide bonds. The second-order valence-electron chi connectivity index (χ2n) is 6.12. The maximum absolute atomic E-state index is 11.5. The van der Waals surface area contributed by atoms with E-state index in [-0.39, 0.29) is 16.7 Å². The Labute approximate surface area is 130 Å². The van der Waals surface area contributed by atoms with E-state index in [9.17, 15) is 8.42 Å². The quantitative estimate of drug-likeness (QED) is 0.795. The van der Waals surface area contributed by atoms with Crippen molar-refractivity contribution in [2.24, 2.45) is 0 Å². The molecule has 1 spiro atoms. The fourth-order valence-corrected chi connectivity index (χ4v) is 4.09. The number of aryl methyl sites for hydroxylation is 1. The maximum atomic E-state index is 11.5. The molecule has 0 bridgehead atoms. The molecule has 1 aliphatic carbocycles. The van der Waals surface area contributed by atoms with Crippen LogP contribution in [0.2, 0.25) is 0 Å². The van der Waals surface area contributed by atoms with E-state index in [1.807, 2.05) is 4.57 Å². The first-order chi connectivity index (χ1) is 9.93. The third-order valence-electron chi connectivity index (χ3n) is 4.64. The summed E-state index contributed by atoms with van der Waals surface area (Å²) < 4.78 is 31.1. The Kier molecular flexibility index (Phi) is 4.05. The van der Waals surface area contributed by atoms with Crippen molar-refractivity contribution in [1.29, 1.82) is 0 Å². The molecule has 1 aromatic rings. The lowest BCUT2D eigenvalue weighted by Gasteiger charge is -2.47. The first kappa shape index (κ1) is 15.3. The van der Waals surface area contributed by atoms with Crippen molar-refractivity contribution >= 4 is 19.7 Å². The number of nitrogens with zero attached hydrogens (tertiary/aromatic N) is 2. The fourth-order valence-electron chi connectivity index (χ4n) is 3.41. The molecule has 2 aliphatic rings. The van der Waals surface area contributed by atoms with Crippen LogP contribution < -0.4 is 0 Å². The molecule has 0 N–H and O–H groups in total. The minimum atomic E-state index is -3.77. The highest BCUT2D eigenvalue weighted by atomic mass is 35.7. The molecule has 2 fully saturated rings. The largest absolute Gasteiger partial charge is 0.375 e. The van der Waals surface area contributed by atoms with Crippen molar-refractivity contribution in [2.75, 3.05) is 6.61 Å². The molecule has 1 aliphatic heterocycles. The zero-order chi connectivity index (χ0) is 15.1. The van der Waals surface area contributed by atoms with Gasteiger partial charge in [-0.25, -0.2) is 13.4 Å². The molecule has 1 atom stereocenters. The third-order valence-corrected chi connectivity index (χ3v) is 5.81. The number of hydrogen-bond acceptors (Lipinski definition) is 4. The molecule has 3 rings (SSSR count). The molecular weight excluding hydrogens is 312 g/mol.